The van der Waals surface area contributed by atoms with Gasteiger partial charge >= 0.3 is 0 Å². The predicted octanol–water partition coefficient (Wildman–Crippen LogP) is 1.27. The minimum atomic E-state index is -0.0291. The molecule has 0 spiro atoms. The van der Waals surface area contributed by atoms with Crippen molar-refractivity contribution >= 4 is 5.91 Å². The van der Waals surface area contributed by atoms with Crippen LogP contribution in [0.15, 0.2) is 12.4 Å². The van der Waals surface area contributed by atoms with Crippen LogP contribution in [0.3, 0.4) is 0 Å². The van der Waals surface area contributed by atoms with Crippen molar-refractivity contribution in [2.75, 3.05) is 26.2 Å². The summed E-state index contributed by atoms with van der Waals surface area (Å²) in [6, 6.07) is 0. The SMILES string of the molecule is C[C@@H](CNC(=O)c1cnn(C)c1)CN1CCCCC1. The third-order valence-electron chi connectivity index (χ3n) is 3.60. The number of rotatable bonds is 5. The minimum Gasteiger partial charge on any atom is -0.352 e. The van der Waals surface area contributed by atoms with Gasteiger partial charge in [-0.15, -0.1) is 0 Å². The first-order valence-corrected chi connectivity index (χ1v) is 7.14. The number of likely N-dealkylation sites (tertiary alicyclic amines) is 1. The highest BCUT2D eigenvalue weighted by Crippen LogP contribution is 2.10. The summed E-state index contributed by atoms with van der Waals surface area (Å²) >= 11 is 0. The lowest BCUT2D eigenvalue weighted by Gasteiger charge is -2.29. The smallest absolute Gasteiger partial charge is 0.254 e. The highest BCUT2D eigenvalue weighted by molar-refractivity contribution is 5.93. The number of piperidine rings is 1. The van der Waals surface area contributed by atoms with E-state index in [2.05, 4.69) is 22.2 Å². The molecule has 0 aromatic carbocycles. The van der Waals surface area contributed by atoms with Crippen molar-refractivity contribution in [3.8, 4) is 0 Å². The molecule has 5 nitrogen and oxygen atoms in total. The fraction of sp³-hybridized carbons (Fsp3) is 0.714. The molecule has 0 radical (unpaired) electrons. The Morgan fingerprint density at radius 1 is 1.42 bits per heavy atom. The van der Waals surface area contributed by atoms with Crippen molar-refractivity contribution < 1.29 is 4.79 Å². The van der Waals surface area contributed by atoms with E-state index in [-0.39, 0.29) is 5.91 Å². The molecule has 19 heavy (non-hydrogen) atoms. The summed E-state index contributed by atoms with van der Waals surface area (Å²) < 4.78 is 1.64. The monoisotopic (exact) mass is 264 g/mol. The Kier molecular flexibility index (Phi) is 4.96. The molecule has 1 amide bonds. The van der Waals surface area contributed by atoms with Gasteiger partial charge in [-0.25, -0.2) is 0 Å². The second-order valence-corrected chi connectivity index (χ2v) is 5.58. The number of carbonyl (C=O) groups excluding carboxylic acids is 1. The van der Waals surface area contributed by atoms with E-state index in [1.54, 1.807) is 17.1 Å². The molecule has 1 fully saturated rings. The van der Waals surface area contributed by atoms with E-state index in [0.717, 1.165) is 13.1 Å². The minimum absolute atomic E-state index is 0.0291. The van der Waals surface area contributed by atoms with Crippen LogP contribution in [0.1, 0.15) is 36.5 Å². The Bertz CT molecular complexity index is 409. The average Bonchev–Trinajstić information content (AvgIpc) is 2.84. The highest BCUT2D eigenvalue weighted by atomic mass is 16.1. The molecule has 106 valence electrons. The van der Waals surface area contributed by atoms with E-state index in [0.29, 0.717) is 11.5 Å². The Morgan fingerprint density at radius 3 is 2.79 bits per heavy atom. The third kappa shape index (κ3) is 4.35. The van der Waals surface area contributed by atoms with Crippen molar-refractivity contribution in [3.05, 3.63) is 18.0 Å². The predicted molar refractivity (Wildman–Crippen MR) is 75.0 cm³/mol. The Morgan fingerprint density at radius 2 is 2.16 bits per heavy atom. The molecule has 2 rings (SSSR count). The van der Waals surface area contributed by atoms with Crippen LogP contribution >= 0.6 is 0 Å². The number of nitrogens with zero attached hydrogens (tertiary/aromatic N) is 3. The van der Waals surface area contributed by atoms with Crippen molar-refractivity contribution in [1.82, 2.24) is 20.0 Å². The Balaban J connectivity index is 1.70. The van der Waals surface area contributed by atoms with Gasteiger partial charge in [0.1, 0.15) is 0 Å². The van der Waals surface area contributed by atoms with Crippen molar-refractivity contribution in [2.24, 2.45) is 13.0 Å². The van der Waals surface area contributed by atoms with Crippen LogP contribution in [0.2, 0.25) is 0 Å². The number of hydrogen-bond acceptors (Lipinski definition) is 3. The molecule has 0 aliphatic carbocycles. The van der Waals surface area contributed by atoms with Gasteiger partial charge < -0.3 is 10.2 Å². The zero-order valence-corrected chi connectivity index (χ0v) is 11.9. The van der Waals surface area contributed by atoms with Gasteiger partial charge in [-0.05, 0) is 31.8 Å². The number of hydrogen-bond donors (Lipinski definition) is 1. The van der Waals surface area contributed by atoms with Gasteiger partial charge in [-0.1, -0.05) is 13.3 Å². The van der Waals surface area contributed by atoms with Crippen LogP contribution in [-0.2, 0) is 7.05 Å². The highest BCUT2D eigenvalue weighted by Gasteiger charge is 2.14. The number of aryl methyl sites for hydroxylation is 1. The molecule has 2 heterocycles. The topological polar surface area (TPSA) is 50.2 Å². The fourth-order valence-corrected chi connectivity index (χ4v) is 2.55. The quantitative estimate of drug-likeness (QED) is 0.871. The van der Waals surface area contributed by atoms with Crippen molar-refractivity contribution in [1.29, 1.82) is 0 Å². The second-order valence-electron chi connectivity index (χ2n) is 5.58. The van der Waals surface area contributed by atoms with E-state index in [1.165, 1.54) is 32.4 Å². The van der Waals surface area contributed by atoms with Crippen LogP contribution in [-0.4, -0.2) is 46.8 Å². The summed E-state index contributed by atoms with van der Waals surface area (Å²) in [4.78, 5) is 14.4. The first kappa shape index (κ1) is 14.1. The van der Waals surface area contributed by atoms with Gasteiger partial charge in [0.2, 0.25) is 0 Å². The normalized spacial score (nSPS) is 18.2. The Labute approximate surface area is 115 Å². The van der Waals surface area contributed by atoms with Gasteiger partial charge in [-0.2, -0.15) is 5.10 Å². The molecule has 5 heteroatoms. The third-order valence-corrected chi connectivity index (χ3v) is 3.60. The number of aromatic nitrogens is 2. The Hall–Kier alpha value is -1.36. The van der Waals surface area contributed by atoms with Gasteiger partial charge in [0, 0.05) is 26.3 Å². The largest absolute Gasteiger partial charge is 0.352 e. The van der Waals surface area contributed by atoms with Crippen molar-refractivity contribution in [3.63, 3.8) is 0 Å². The maximum Gasteiger partial charge on any atom is 0.254 e. The lowest BCUT2D eigenvalue weighted by atomic mass is 10.1. The molecule has 1 saturated heterocycles. The van der Waals surface area contributed by atoms with E-state index >= 15 is 0 Å². The molecule has 1 aliphatic rings. The zero-order valence-electron chi connectivity index (χ0n) is 11.9. The molecule has 0 saturated carbocycles. The van der Waals surface area contributed by atoms with Crippen LogP contribution in [0, 0.1) is 5.92 Å². The zero-order chi connectivity index (χ0) is 13.7. The molecule has 1 aromatic heterocycles. The summed E-state index contributed by atoms with van der Waals surface area (Å²) in [6.45, 7) is 6.41. The second kappa shape index (κ2) is 6.70. The van der Waals surface area contributed by atoms with Crippen LogP contribution in [0.4, 0.5) is 0 Å². The fourth-order valence-electron chi connectivity index (χ4n) is 2.55. The summed E-state index contributed by atoms with van der Waals surface area (Å²) in [6.07, 6.45) is 7.33. The molecular weight excluding hydrogens is 240 g/mol. The molecule has 1 atom stereocenters. The number of carbonyl (C=O) groups is 1. The molecule has 0 unspecified atom stereocenters. The summed E-state index contributed by atoms with van der Waals surface area (Å²) in [7, 11) is 1.82. The summed E-state index contributed by atoms with van der Waals surface area (Å²) in [5.41, 5.74) is 0.632. The van der Waals surface area contributed by atoms with Gasteiger partial charge in [0.25, 0.3) is 5.91 Å². The first-order valence-electron chi connectivity index (χ1n) is 7.14. The van der Waals surface area contributed by atoms with E-state index < -0.39 is 0 Å². The molecule has 1 N–H and O–H groups in total. The standard InChI is InChI=1S/C14H24N4O/c1-12(10-18-6-4-3-5-7-18)8-15-14(19)13-9-16-17(2)11-13/h9,11-12H,3-8,10H2,1-2H3,(H,15,19)/t12-/m0/s1. The number of amides is 1. The molecular formula is C14H24N4O. The van der Waals surface area contributed by atoms with Crippen LogP contribution in [0.5, 0.6) is 0 Å². The molecule has 1 aliphatic heterocycles. The molecule has 0 bridgehead atoms. The maximum absolute atomic E-state index is 11.9. The van der Waals surface area contributed by atoms with E-state index in [4.69, 9.17) is 0 Å². The van der Waals surface area contributed by atoms with Crippen LogP contribution in [0.25, 0.3) is 0 Å². The maximum atomic E-state index is 11.9. The lowest BCUT2D eigenvalue weighted by Crippen LogP contribution is -2.38. The summed E-state index contributed by atoms with van der Waals surface area (Å²) in [5.74, 6) is 0.456. The first-order chi connectivity index (χ1) is 9.15. The average molecular weight is 264 g/mol. The van der Waals surface area contributed by atoms with E-state index in [9.17, 15) is 4.79 Å². The van der Waals surface area contributed by atoms with Gasteiger partial charge in [0.05, 0.1) is 11.8 Å². The van der Waals surface area contributed by atoms with Crippen molar-refractivity contribution in [2.45, 2.75) is 26.2 Å². The van der Waals surface area contributed by atoms with Crippen LogP contribution < -0.4 is 5.32 Å². The summed E-state index contributed by atoms with van der Waals surface area (Å²) in [5, 5.41) is 6.99. The lowest BCUT2D eigenvalue weighted by molar-refractivity contribution is 0.0942. The molecule has 1 aromatic rings. The van der Waals surface area contributed by atoms with E-state index in [1.807, 2.05) is 7.05 Å². The van der Waals surface area contributed by atoms with Gasteiger partial charge in [-0.3, -0.25) is 9.48 Å². The van der Waals surface area contributed by atoms with Gasteiger partial charge in [0.15, 0.2) is 0 Å². The number of nitrogens with one attached hydrogen (secondary N) is 1.